The minimum absolute atomic E-state index is 0.201. The highest BCUT2D eigenvalue weighted by Crippen LogP contribution is 2.25. The fourth-order valence-corrected chi connectivity index (χ4v) is 2.03. The Morgan fingerprint density at radius 3 is 2.61 bits per heavy atom. The van der Waals surface area contributed by atoms with Crippen molar-refractivity contribution in [2.24, 2.45) is 0 Å². The van der Waals surface area contributed by atoms with E-state index in [2.05, 4.69) is 0 Å². The van der Waals surface area contributed by atoms with Crippen LogP contribution in [0.4, 0.5) is 4.39 Å². The molecule has 0 heterocycles. The summed E-state index contributed by atoms with van der Waals surface area (Å²) in [5, 5.41) is 0.627. The van der Waals surface area contributed by atoms with Crippen LogP contribution in [0.3, 0.4) is 0 Å². The summed E-state index contributed by atoms with van der Waals surface area (Å²) in [6.07, 6.45) is 0. The monoisotopic (exact) mass is 284 g/mol. The maximum Gasteiger partial charge on any atom is 0.165 e. The van der Waals surface area contributed by atoms with E-state index in [-0.39, 0.29) is 18.2 Å². The van der Waals surface area contributed by atoms with Gasteiger partial charge in [0, 0.05) is 10.6 Å². The predicted molar refractivity (Wildman–Crippen MR) is 71.7 cm³/mol. The molecule has 0 unspecified atom stereocenters. The Labute approximate surface area is 115 Å². The van der Waals surface area contributed by atoms with Crippen LogP contribution in [0.15, 0.2) is 42.5 Å². The fourth-order valence-electron chi connectivity index (χ4n) is 1.60. The summed E-state index contributed by atoms with van der Waals surface area (Å²) in [5.41, 5.74) is 1.52. The van der Waals surface area contributed by atoms with Gasteiger partial charge < -0.3 is 4.74 Å². The van der Waals surface area contributed by atoms with E-state index >= 15 is 0 Å². The predicted octanol–water partition coefficient (Wildman–Crippen LogP) is 4.80. The molecule has 0 aliphatic heterocycles. The highest BCUT2D eigenvalue weighted by Gasteiger charge is 2.09. The van der Waals surface area contributed by atoms with Gasteiger partial charge in [-0.3, -0.25) is 0 Å². The van der Waals surface area contributed by atoms with E-state index in [0.29, 0.717) is 10.6 Å². The van der Waals surface area contributed by atoms with Crippen molar-refractivity contribution < 1.29 is 9.13 Å². The van der Waals surface area contributed by atoms with Gasteiger partial charge in [0.15, 0.2) is 11.6 Å². The molecule has 0 N–H and O–H groups in total. The molecule has 0 aliphatic rings. The van der Waals surface area contributed by atoms with Gasteiger partial charge in [0.2, 0.25) is 0 Å². The van der Waals surface area contributed by atoms with Gasteiger partial charge in [0.1, 0.15) is 6.61 Å². The van der Waals surface area contributed by atoms with E-state index in [1.165, 1.54) is 6.07 Å². The Morgan fingerprint density at radius 2 is 1.89 bits per heavy atom. The number of rotatable bonds is 4. The molecule has 94 valence electrons. The molecule has 4 heteroatoms. The van der Waals surface area contributed by atoms with Crippen molar-refractivity contribution in [1.82, 2.24) is 0 Å². The number of halogens is 3. The lowest BCUT2D eigenvalue weighted by molar-refractivity contribution is 0.288. The normalized spacial score (nSPS) is 10.4. The molecule has 0 atom stereocenters. The number of hydrogen-bond donors (Lipinski definition) is 0. The van der Waals surface area contributed by atoms with E-state index < -0.39 is 5.82 Å². The molecular formula is C14H11Cl2FO. The Bertz CT molecular complexity index is 543. The number of alkyl halides is 1. The molecule has 1 nitrogen and oxygen atoms in total. The Balaban J connectivity index is 2.15. The highest BCUT2D eigenvalue weighted by atomic mass is 35.5. The Kier molecular flexibility index (Phi) is 4.45. The van der Waals surface area contributed by atoms with Crippen molar-refractivity contribution in [2.75, 3.05) is 0 Å². The maximum absolute atomic E-state index is 13.6. The molecule has 0 aliphatic carbocycles. The molecular weight excluding hydrogens is 274 g/mol. The minimum atomic E-state index is -0.407. The third-order valence-corrected chi connectivity index (χ3v) is 2.99. The first kappa shape index (κ1) is 13.2. The summed E-state index contributed by atoms with van der Waals surface area (Å²) in [7, 11) is 0. The van der Waals surface area contributed by atoms with E-state index in [9.17, 15) is 4.39 Å². The van der Waals surface area contributed by atoms with Crippen molar-refractivity contribution in [3.63, 3.8) is 0 Å². The molecule has 0 saturated heterocycles. The second-order valence-electron chi connectivity index (χ2n) is 3.78. The topological polar surface area (TPSA) is 9.23 Å². The van der Waals surface area contributed by atoms with Gasteiger partial charge in [0.25, 0.3) is 0 Å². The van der Waals surface area contributed by atoms with Crippen LogP contribution in [-0.2, 0) is 12.5 Å². The zero-order valence-electron chi connectivity index (χ0n) is 9.50. The molecule has 0 bridgehead atoms. The molecule has 0 spiro atoms. The minimum Gasteiger partial charge on any atom is -0.485 e. The number of para-hydroxylation sites is 1. The average molecular weight is 285 g/mol. The fraction of sp³-hybridized carbons (Fsp3) is 0.143. The molecule has 2 aromatic rings. The van der Waals surface area contributed by atoms with Crippen LogP contribution in [0.25, 0.3) is 0 Å². The quantitative estimate of drug-likeness (QED) is 0.733. The molecule has 2 aromatic carbocycles. The summed E-state index contributed by atoms with van der Waals surface area (Å²) >= 11 is 11.6. The van der Waals surface area contributed by atoms with E-state index in [1.54, 1.807) is 24.3 Å². The summed E-state index contributed by atoms with van der Waals surface area (Å²) in [6, 6.07) is 11.9. The lowest BCUT2D eigenvalue weighted by atomic mass is 10.2. The van der Waals surface area contributed by atoms with Gasteiger partial charge in [-0.05, 0) is 23.8 Å². The van der Waals surface area contributed by atoms with Crippen molar-refractivity contribution in [1.29, 1.82) is 0 Å². The van der Waals surface area contributed by atoms with Gasteiger partial charge in [0.05, 0.1) is 5.88 Å². The number of benzene rings is 2. The molecule has 0 aromatic heterocycles. The van der Waals surface area contributed by atoms with Crippen molar-refractivity contribution in [2.45, 2.75) is 12.5 Å². The first-order valence-corrected chi connectivity index (χ1v) is 6.32. The van der Waals surface area contributed by atoms with Crippen molar-refractivity contribution in [3.05, 3.63) is 64.4 Å². The van der Waals surface area contributed by atoms with Gasteiger partial charge in [-0.25, -0.2) is 4.39 Å². The Morgan fingerprint density at radius 1 is 1.11 bits per heavy atom. The van der Waals surface area contributed by atoms with Gasteiger partial charge in [-0.2, -0.15) is 0 Å². The standard InChI is InChI=1S/C14H11Cl2FO/c15-8-11-4-2-6-13(17)14(11)18-9-10-3-1-5-12(16)7-10/h1-7H,8-9H2. The molecule has 0 saturated carbocycles. The van der Waals surface area contributed by atoms with Crippen LogP contribution in [0.1, 0.15) is 11.1 Å². The van der Waals surface area contributed by atoms with Crippen LogP contribution in [0.2, 0.25) is 5.02 Å². The largest absolute Gasteiger partial charge is 0.485 e. The van der Waals surface area contributed by atoms with Crippen molar-refractivity contribution in [3.8, 4) is 5.75 Å². The third-order valence-electron chi connectivity index (χ3n) is 2.46. The second kappa shape index (κ2) is 6.07. The summed E-state index contributed by atoms with van der Waals surface area (Å²) in [6.45, 7) is 0.255. The van der Waals surface area contributed by atoms with Gasteiger partial charge in [-0.1, -0.05) is 35.9 Å². The van der Waals surface area contributed by atoms with Gasteiger partial charge >= 0.3 is 0 Å². The molecule has 0 fully saturated rings. The lowest BCUT2D eigenvalue weighted by Gasteiger charge is -2.11. The zero-order chi connectivity index (χ0) is 13.0. The van der Waals surface area contributed by atoms with Crippen molar-refractivity contribution >= 4 is 23.2 Å². The summed E-state index contributed by atoms with van der Waals surface area (Å²) in [5.74, 6) is 0.00508. The van der Waals surface area contributed by atoms with Crippen LogP contribution < -0.4 is 4.74 Å². The Hall–Kier alpha value is -1.25. The zero-order valence-corrected chi connectivity index (χ0v) is 11.0. The number of ether oxygens (including phenoxy) is 1. The molecule has 0 amide bonds. The third kappa shape index (κ3) is 3.15. The first-order valence-electron chi connectivity index (χ1n) is 5.41. The maximum atomic E-state index is 13.6. The molecule has 2 rings (SSSR count). The van der Waals surface area contributed by atoms with Crippen LogP contribution in [0, 0.1) is 5.82 Å². The first-order chi connectivity index (χ1) is 8.70. The SMILES string of the molecule is Fc1cccc(CCl)c1OCc1cccc(Cl)c1. The average Bonchev–Trinajstić information content (AvgIpc) is 2.37. The van der Waals surface area contributed by atoms with E-state index in [1.807, 2.05) is 12.1 Å². The summed E-state index contributed by atoms with van der Waals surface area (Å²) < 4.78 is 19.1. The second-order valence-corrected chi connectivity index (χ2v) is 4.48. The van der Waals surface area contributed by atoms with E-state index in [0.717, 1.165) is 5.56 Å². The smallest absolute Gasteiger partial charge is 0.165 e. The van der Waals surface area contributed by atoms with E-state index in [4.69, 9.17) is 27.9 Å². The molecule has 18 heavy (non-hydrogen) atoms. The van der Waals surface area contributed by atoms with Gasteiger partial charge in [-0.15, -0.1) is 11.6 Å². The molecule has 0 radical (unpaired) electrons. The van der Waals surface area contributed by atoms with Crippen LogP contribution >= 0.6 is 23.2 Å². The lowest BCUT2D eigenvalue weighted by Crippen LogP contribution is -2.00. The summed E-state index contributed by atoms with van der Waals surface area (Å²) in [4.78, 5) is 0. The number of hydrogen-bond acceptors (Lipinski definition) is 1. The highest BCUT2D eigenvalue weighted by molar-refractivity contribution is 6.30. The van der Waals surface area contributed by atoms with Crippen LogP contribution in [0.5, 0.6) is 5.75 Å². The van der Waals surface area contributed by atoms with Crippen LogP contribution in [-0.4, -0.2) is 0 Å².